The monoisotopic (exact) mass is 295 g/mol. The van der Waals surface area contributed by atoms with Crippen molar-refractivity contribution < 1.29 is 9.31 Å². The first-order valence-electron chi connectivity index (χ1n) is 7.01. The van der Waals surface area contributed by atoms with E-state index in [0.717, 1.165) is 17.4 Å². The van der Waals surface area contributed by atoms with Gasteiger partial charge in [0.2, 0.25) is 0 Å². The maximum atomic E-state index is 6.20. The Labute approximate surface area is 126 Å². The molecule has 2 rings (SSSR count). The first-order chi connectivity index (χ1) is 9.10. The van der Waals surface area contributed by atoms with Gasteiger partial charge in [0.15, 0.2) is 0 Å². The lowest BCUT2D eigenvalue weighted by Gasteiger charge is -2.32. The minimum atomic E-state index is -0.384. The molecular weight excluding hydrogens is 272 g/mol. The van der Waals surface area contributed by atoms with Crippen LogP contribution in [0.15, 0.2) is 18.2 Å². The van der Waals surface area contributed by atoms with Crippen molar-refractivity contribution in [2.45, 2.75) is 58.3 Å². The predicted octanol–water partition coefficient (Wildman–Crippen LogP) is 2.53. The number of benzene rings is 1. The summed E-state index contributed by atoms with van der Waals surface area (Å²) in [6.45, 7) is 10.1. The van der Waals surface area contributed by atoms with E-state index in [1.54, 1.807) is 0 Å². The van der Waals surface area contributed by atoms with E-state index < -0.39 is 0 Å². The molecule has 1 atom stereocenters. The van der Waals surface area contributed by atoms with Crippen LogP contribution in [0.25, 0.3) is 0 Å². The van der Waals surface area contributed by atoms with Gasteiger partial charge in [-0.15, -0.1) is 0 Å². The Bertz CT molecular complexity index is 487. The highest BCUT2D eigenvalue weighted by atomic mass is 35.5. The van der Waals surface area contributed by atoms with Crippen LogP contribution in [0.2, 0.25) is 5.02 Å². The molecule has 0 aliphatic carbocycles. The topological polar surface area (TPSA) is 44.5 Å². The van der Waals surface area contributed by atoms with Crippen LogP contribution >= 0.6 is 11.6 Å². The van der Waals surface area contributed by atoms with Gasteiger partial charge >= 0.3 is 7.12 Å². The Morgan fingerprint density at radius 3 is 2.20 bits per heavy atom. The molecule has 2 N–H and O–H groups in total. The van der Waals surface area contributed by atoms with Crippen molar-refractivity contribution in [3.8, 4) is 0 Å². The normalized spacial score (nSPS) is 22.1. The molecule has 0 saturated carbocycles. The van der Waals surface area contributed by atoms with E-state index in [1.807, 2.05) is 46.8 Å². The van der Waals surface area contributed by atoms with Gasteiger partial charge < -0.3 is 15.0 Å². The zero-order valence-electron chi connectivity index (χ0n) is 12.9. The third-order valence-electron chi connectivity index (χ3n) is 4.06. The molecule has 20 heavy (non-hydrogen) atoms. The fraction of sp³-hybridized carbons (Fsp3) is 0.600. The fourth-order valence-electron chi connectivity index (χ4n) is 2.28. The average Bonchev–Trinajstić information content (AvgIpc) is 2.46. The lowest BCUT2D eigenvalue weighted by Crippen LogP contribution is -2.41. The molecule has 1 unspecified atom stereocenters. The van der Waals surface area contributed by atoms with Crippen molar-refractivity contribution in [1.82, 2.24) is 0 Å². The van der Waals surface area contributed by atoms with Crippen LogP contribution in [0.3, 0.4) is 0 Å². The highest BCUT2D eigenvalue weighted by Crippen LogP contribution is 2.36. The predicted molar refractivity (Wildman–Crippen MR) is 84.5 cm³/mol. The van der Waals surface area contributed by atoms with Crippen molar-refractivity contribution in [2.24, 2.45) is 5.73 Å². The molecule has 1 saturated heterocycles. The van der Waals surface area contributed by atoms with Crippen LogP contribution in [0.4, 0.5) is 0 Å². The summed E-state index contributed by atoms with van der Waals surface area (Å²) in [5, 5.41) is 0.688. The van der Waals surface area contributed by atoms with E-state index in [4.69, 9.17) is 26.6 Å². The van der Waals surface area contributed by atoms with E-state index in [-0.39, 0.29) is 24.4 Å². The van der Waals surface area contributed by atoms with Crippen LogP contribution in [0.1, 0.15) is 40.2 Å². The maximum Gasteiger partial charge on any atom is 0.494 e. The molecule has 110 valence electrons. The van der Waals surface area contributed by atoms with E-state index >= 15 is 0 Å². The molecule has 5 heteroatoms. The summed E-state index contributed by atoms with van der Waals surface area (Å²) in [7, 11) is -0.384. The minimum Gasteiger partial charge on any atom is -0.399 e. The number of halogens is 1. The molecule has 0 amide bonds. The van der Waals surface area contributed by atoms with Gasteiger partial charge in [-0.25, -0.2) is 0 Å². The highest BCUT2D eigenvalue weighted by molar-refractivity contribution is 6.62. The van der Waals surface area contributed by atoms with Gasteiger partial charge in [-0.3, -0.25) is 0 Å². The molecule has 0 aromatic heterocycles. The van der Waals surface area contributed by atoms with E-state index in [9.17, 15) is 0 Å². The van der Waals surface area contributed by atoms with Crippen molar-refractivity contribution >= 4 is 24.2 Å². The van der Waals surface area contributed by atoms with Gasteiger partial charge in [0.25, 0.3) is 0 Å². The Morgan fingerprint density at radius 1 is 1.15 bits per heavy atom. The van der Waals surface area contributed by atoms with Gasteiger partial charge in [-0.2, -0.15) is 0 Å². The molecule has 0 spiro atoms. The molecule has 1 aromatic carbocycles. The third kappa shape index (κ3) is 3.20. The average molecular weight is 296 g/mol. The largest absolute Gasteiger partial charge is 0.494 e. The van der Waals surface area contributed by atoms with Crippen molar-refractivity contribution in [3.63, 3.8) is 0 Å². The molecule has 1 heterocycles. The van der Waals surface area contributed by atoms with E-state index in [0.29, 0.717) is 5.02 Å². The van der Waals surface area contributed by atoms with Crippen LogP contribution < -0.4 is 11.2 Å². The molecule has 0 bridgehead atoms. The Morgan fingerprint density at radius 2 is 1.70 bits per heavy atom. The molecule has 3 nitrogen and oxygen atoms in total. The summed E-state index contributed by atoms with van der Waals surface area (Å²) in [6.07, 6.45) is 0.785. The molecule has 1 aliphatic heterocycles. The SMILES string of the molecule is CC(N)Cc1cc(Cl)cc(B2OC(C)(C)C(C)(C)O2)c1. The smallest absolute Gasteiger partial charge is 0.399 e. The molecule has 1 aromatic rings. The van der Waals surface area contributed by atoms with Crippen LogP contribution in [-0.2, 0) is 15.7 Å². The summed E-state index contributed by atoms with van der Waals surface area (Å²) < 4.78 is 12.1. The Balaban J connectivity index is 2.28. The lowest BCUT2D eigenvalue weighted by atomic mass is 9.78. The minimum absolute atomic E-state index is 0.0969. The first-order valence-corrected chi connectivity index (χ1v) is 7.39. The Hall–Kier alpha value is -0.545. The van der Waals surface area contributed by atoms with Crippen LogP contribution in [0.5, 0.6) is 0 Å². The molecule has 1 aliphatic rings. The maximum absolute atomic E-state index is 6.20. The zero-order valence-corrected chi connectivity index (χ0v) is 13.6. The van der Waals surface area contributed by atoms with Crippen LogP contribution in [-0.4, -0.2) is 24.4 Å². The van der Waals surface area contributed by atoms with Gasteiger partial charge in [0, 0.05) is 11.1 Å². The molecule has 1 fully saturated rings. The second kappa shape index (κ2) is 5.34. The summed E-state index contributed by atoms with van der Waals surface area (Å²) in [5.74, 6) is 0. The lowest BCUT2D eigenvalue weighted by molar-refractivity contribution is 0.00578. The quantitative estimate of drug-likeness (QED) is 0.872. The van der Waals surface area contributed by atoms with Crippen molar-refractivity contribution in [1.29, 1.82) is 0 Å². The number of hydrogen-bond acceptors (Lipinski definition) is 3. The summed E-state index contributed by atoms with van der Waals surface area (Å²) in [6, 6.07) is 6.01. The van der Waals surface area contributed by atoms with Gasteiger partial charge in [-0.05, 0) is 64.2 Å². The number of hydrogen-bond donors (Lipinski definition) is 1. The molecular formula is C15H23BClNO2. The molecule has 0 radical (unpaired) electrons. The Kier molecular flexibility index (Phi) is 4.23. The second-order valence-corrected chi connectivity index (χ2v) is 7.10. The van der Waals surface area contributed by atoms with E-state index in [1.165, 1.54) is 0 Å². The van der Waals surface area contributed by atoms with E-state index in [2.05, 4.69) is 6.07 Å². The summed E-state index contributed by atoms with van der Waals surface area (Å²) in [5.41, 5.74) is 7.23. The summed E-state index contributed by atoms with van der Waals surface area (Å²) >= 11 is 6.20. The van der Waals surface area contributed by atoms with Gasteiger partial charge in [0.05, 0.1) is 11.2 Å². The fourth-order valence-corrected chi connectivity index (χ4v) is 2.55. The standard InChI is InChI=1S/C15H23BClNO2/c1-10(18)6-11-7-12(9-13(17)8-11)16-19-14(2,3)15(4,5)20-16/h7-10H,6,18H2,1-5H3. The van der Waals surface area contributed by atoms with Crippen molar-refractivity contribution in [2.75, 3.05) is 0 Å². The zero-order chi connectivity index (χ0) is 15.1. The first kappa shape index (κ1) is 15.8. The number of nitrogens with two attached hydrogens (primary N) is 1. The second-order valence-electron chi connectivity index (χ2n) is 6.66. The van der Waals surface area contributed by atoms with Gasteiger partial charge in [-0.1, -0.05) is 17.7 Å². The van der Waals surface area contributed by atoms with Gasteiger partial charge in [0.1, 0.15) is 0 Å². The summed E-state index contributed by atoms with van der Waals surface area (Å²) in [4.78, 5) is 0. The number of rotatable bonds is 3. The van der Waals surface area contributed by atoms with Crippen molar-refractivity contribution in [3.05, 3.63) is 28.8 Å². The third-order valence-corrected chi connectivity index (χ3v) is 4.28. The van der Waals surface area contributed by atoms with Crippen LogP contribution in [0, 0.1) is 0 Å². The highest BCUT2D eigenvalue weighted by Gasteiger charge is 2.51.